The van der Waals surface area contributed by atoms with Crippen LogP contribution in [0.1, 0.15) is 18.4 Å². The normalized spacial score (nSPS) is 17.3. The van der Waals surface area contributed by atoms with Crippen LogP contribution >= 0.6 is 0 Å². The second-order valence-electron chi connectivity index (χ2n) is 5.79. The third-order valence-electron chi connectivity index (χ3n) is 4.00. The number of rotatable bonds is 4. The summed E-state index contributed by atoms with van der Waals surface area (Å²) >= 11 is 0. The van der Waals surface area contributed by atoms with Crippen LogP contribution in [0.4, 0.5) is 5.95 Å². The van der Waals surface area contributed by atoms with Gasteiger partial charge in [0, 0.05) is 37.1 Å². The molecule has 8 nitrogen and oxygen atoms in total. The number of aryl methyl sites for hydroxylation is 1. The minimum Gasteiger partial charge on any atom is -0.351 e. The van der Waals surface area contributed by atoms with Gasteiger partial charge in [0.15, 0.2) is 0 Å². The number of nitrogens with zero attached hydrogens (tertiary/aromatic N) is 4. The monoisotopic (exact) mass is 336 g/mol. The predicted octanol–water partition coefficient (Wildman–Crippen LogP) is 1.01. The summed E-state index contributed by atoms with van der Waals surface area (Å²) in [5, 5.41) is 10.0. The molecule has 3 rings (SSSR count). The first kappa shape index (κ1) is 15.9. The van der Waals surface area contributed by atoms with E-state index in [1.165, 1.54) is 10.6 Å². The predicted molar refractivity (Wildman–Crippen MR) is 87.4 cm³/mol. The van der Waals surface area contributed by atoms with Crippen molar-refractivity contribution >= 4 is 16.0 Å². The minimum atomic E-state index is -3.10. The zero-order valence-corrected chi connectivity index (χ0v) is 14.0. The van der Waals surface area contributed by atoms with Crippen molar-refractivity contribution < 1.29 is 8.42 Å². The molecule has 2 aromatic rings. The van der Waals surface area contributed by atoms with Crippen LogP contribution in [0.5, 0.6) is 0 Å². The molecule has 0 radical (unpaired) electrons. The van der Waals surface area contributed by atoms with Crippen LogP contribution in [-0.2, 0) is 10.0 Å². The van der Waals surface area contributed by atoms with E-state index in [1.54, 1.807) is 18.6 Å². The minimum absolute atomic E-state index is 0.174. The van der Waals surface area contributed by atoms with Crippen LogP contribution in [0.25, 0.3) is 11.3 Å². The second kappa shape index (κ2) is 6.25. The number of hydrogen-bond donors (Lipinski definition) is 2. The van der Waals surface area contributed by atoms with Crippen LogP contribution in [-0.4, -0.2) is 58.3 Å². The van der Waals surface area contributed by atoms with Crippen LogP contribution in [0.15, 0.2) is 18.6 Å². The van der Waals surface area contributed by atoms with Gasteiger partial charge in [-0.25, -0.2) is 22.7 Å². The van der Waals surface area contributed by atoms with Crippen molar-refractivity contribution in [1.82, 2.24) is 24.5 Å². The van der Waals surface area contributed by atoms with Crippen molar-refractivity contribution in [2.24, 2.45) is 0 Å². The smallest absolute Gasteiger partial charge is 0.223 e. The molecule has 1 fully saturated rings. The molecule has 3 heterocycles. The Balaban J connectivity index is 1.69. The summed E-state index contributed by atoms with van der Waals surface area (Å²) in [4.78, 5) is 8.89. The summed E-state index contributed by atoms with van der Waals surface area (Å²) in [5.74, 6) is 0.560. The van der Waals surface area contributed by atoms with Crippen molar-refractivity contribution in [3.8, 4) is 11.3 Å². The van der Waals surface area contributed by atoms with E-state index in [0.29, 0.717) is 19.0 Å². The zero-order valence-electron chi connectivity index (χ0n) is 13.2. The Kier molecular flexibility index (Phi) is 4.31. The molecule has 2 N–H and O–H groups in total. The number of sulfonamides is 1. The standard InChI is InChI=1S/C14H20N6O2S/c1-10-7-15-14(19-13(10)11-8-16-17-9-11)18-12-3-5-20(6-4-12)23(2,21)22/h7-9,12H,3-6H2,1-2H3,(H,16,17)(H,15,18,19). The van der Waals surface area contributed by atoms with Gasteiger partial charge in [0.1, 0.15) is 0 Å². The molecule has 0 saturated carbocycles. The summed E-state index contributed by atoms with van der Waals surface area (Å²) in [6.07, 6.45) is 8.04. The second-order valence-corrected chi connectivity index (χ2v) is 7.78. The van der Waals surface area contributed by atoms with E-state index in [0.717, 1.165) is 29.7 Å². The van der Waals surface area contributed by atoms with E-state index in [2.05, 4.69) is 25.5 Å². The van der Waals surface area contributed by atoms with Gasteiger partial charge in [-0.05, 0) is 25.3 Å². The molecular formula is C14H20N6O2S. The van der Waals surface area contributed by atoms with E-state index < -0.39 is 10.0 Å². The van der Waals surface area contributed by atoms with E-state index in [1.807, 2.05) is 6.92 Å². The van der Waals surface area contributed by atoms with E-state index in [9.17, 15) is 8.42 Å². The van der Waals surface area contributed by atoms with Crippen LogP contribution in [0.3, 0.4) is 0 Å². The topological polar surface area (TPSA) is 104 Å². The number of H-pyrrole nitrogens is 1. The molecule has 9 heteroatoms. The highest BCUT2D eigenvalue weighted by Crippen LogP contribution is 2.22. The molecule has 0 spiro atoms. The Morgan fingerprint density at radius 3 is 2.65 bits per heavy atom. The molecule has 0 amide bonds. The van der Waals surface area contributed by atoms with Gasteiger partial charge in [-0.3, -0.25) is 5.10 Å². The fourth-order valence-electron chi connectivity index (χ4n) is 2.70. The number of piperidine rings is 1. The summed E-state index contributed by atoms with van der Waals surface area (Å²) in [5.41, 5.74) is 2.73. The fourth-order valence-corrected chi connectivity index (χ4v) is 3.57. The van der Waals surface area contributed by atoms with Crippen LogP contribution in [0, 0.1) is 6.92 Å². The summed E-state index contributed by atoms with van der Waals surface area (Å²) in [7, 11) is -3.10. The first-order valence-electron chi connectivity index (χ1n) is 7.48. The van der Waals surface area contributed by atoms with Gasteiger partial charge in [0.05, 0.1) is 18.1 Å². The average molecular weight is 336 g/mol. The van der Waals surface area contributed by atoms with E-state index >= 15 is 0 Å². The van der Waals surface area contributed by atoms with E-state index in [4.69, 9.17) is 0 Å². The summed E-state index contributed by atoms with van der Waals surface area (Å²) in [6.45, 7) is 3.00. The maximum Gasteiger partial charge on any atom is 0.223 e. The number of nitrogens with one attached hydrogen (secondary N) is 2. The van der Waals surface area contributed by atoms with Gasteiger partial charge in [-0.1, -0.05) is 0 Å². The highest BCUT2D eigenvalue weighted by molar-refractivity contribution is 7.88. The molecule has 1 aliphatic heterocycles. The largest absolute Gasteiger partial charge is 0.351 e. The van der Waals surface area contributed by atoms with Gasteiger partial charge in [0.25, 0.3) is 0 Å². The SMILES string of the molecule is Cc1cnc(NC2CCN(S(C)(=O)=O)CC2)nc1-c1cn[nH]c1. The van der Waals surface area contributed by atoms with Crippen LogP contribution < -0.4 is 5.32 Å². The van der Waals surface area contributed by atoms with E-state index in [-0.39, 0.29) is 6.04 Å². The molecule has 23 heavy (non-hydrogen) atoms. The van der Waals surface area contributed by atoms with Crippen molar-refractivity contribution in [3.63, 3.8) is 0 Å². The maximum absolute atomic E-state index is 11.5. The highest BCUT2D eigenvalue weighted by atomic mass is 32.2. The van der Waals surface area contributed by atoms with Gasteiger partial charge < -0.3 is 5.32 Å². The molecular weight excluding hydrogens is 316 g/mol. The lowest BCUT2D eigenvalue weighted by atomic mass is 10.1. The maximum atomic E-state index is 11.5. The number of hydrogen-bond acceptors (Lipinski definition) is 6. The molecule has 2 aromatic heterocycles. The quantitative estimate of drug-likeness (QED) is 0.863. The molecule has 0 unspecified atom stereocenters. The Bertz CT molecular complexity index is 767. The van der Waals surface area contributed by atoms with Gasteiger partial charge in [0.2, 0.25) is 16.0 Å². The first-order valence-corrected chi connectivity index (χ1v) is 9.33. The molecule has 0 aliphatic carbocycles. The third-order valence-corrected chi connectivity index (χ3v) is 5.30. The van der Waals surface area contributed by atoms with Crippen molar-refractivity contribution in [3.05, 3.63) is 24.2 Å². The van der Waals surface area contributed by atoms with Gasteiger partial charge >= 0.3 is 0 Å². The molecule has 1 saturated heterocycles. The molecule has 124 valence electrons. The molecule has 0 aromatic carbocycles. The Hall–Kier alpha value is -2.00. The lowest BCUT2D eigenvalue weighted by Crippen LogP contribution is -2.42. The molecule has 1 aliphatic rings. The zero-order chi connectivity index (χ0) is 16.4. The van der Waals surface area contributed by atoms with Crippen molar-refractivity contribution in [2.75, 3.05) is 24.7 Å². The number of aromatic nitrogens is 4. The third kappa shape index (κ3) is 3.67. The lowest BCUT2D eigenvalue weighted by Gasteiger charge is -2.30. The highest BCUT2D eigenvalue weighted by Gasteiger charge is 2.25. The molecule has 0 bridgehead atoms. The number of aromatic amines is 1. The summed E-state index contributed by atoms with van der Waals surface area (Å²) < 4.78 is 24.6. The van der Waals surface area contributed by atoms with Crippen molar-refractivity contribution in [1.29, 1.82) is 0 Å². The summed E-state index contributed by atoms with van der Waals surface area (Å²) in [6, 6.07) is 0.174. The number of anilines is 1. The van der Waals surface area contributed by atoms with Crippen LogP contribution in [0.2, 0.25) is 0 Å². The van der Waals surface area contributed by atoms with Gasteiger partial charge in [-0.2, -0.15) is 5.10 Å². The average Bonchev–Trinajstić information content (AvgIpc) is 3.03. The first-order chi connectivity index (χ1) is 10.9. The fraction of sp³-hybridized carbons (Fsp3) is 0.500. The van der Waals surface area contributed by atoms with Gasteiger partial charge in [-0.15, -0.1) is 0 Å². The lowest BCUT2D eigenvalue weighted by molar-refractivity contribution is 0.331. The van der Waals surface area contributed by atoms with Crippen molar-refractivity contribution in [2.45, 2.75) is 25.8 Å². The Morgan fingerprint density at radius 2 is 2.04 bits per heavy atom. The molecule has 0 atom stereocenters. The Labute approximate surface area is 135 Å². The Morgan fingerprint density at radius 1 is 1.30 bits per heavy atom.